The molecule has 2 aliphatic carbocycles. The molecule has 0 N–H and O–H groups in total. The van der Waals surface area contributed by atoms with E-state index >= 15 is 0 Å². The summed E-state index contributed by atoms with van der Waals surface area (Å²) < 4.78 is 4.65. The molecular formula is C9H10O2. The van der Waals surface area contributed by atoms with E-state index in [0.717, 1.165) is 12.0 Å². The third kappa shape index (κ3) is 0.897. The highest BCUT2D eigenvalue weighted by atomic mass is 16.5. The van der Waals surface area contributed by atoms with Gasteiger partial charge in [0.2, 0.25) is 0 Å². The Bertz CT molecular complexity index is 250. The highest BCUT2D eigenvalue weighted by molar-refractivity contribution is 5.90. The third-order valence-electron chi connectivity index (χ3n) is 2.33. The predicted octanol–water partition coefficient (Wildman–Crippen LogP) is 1.29. The Morgan fingerprint density at radius 3 is 2.91 bits per heavy atom. The zero-order chi connectivity index (χ0) is 7.84. The van der Waals surface area contributed by atoms with Crippen LogP contribution in [-0.4, -0.2) is 13.1 Å². The summed E-state index contributed by atoms with van der Waals surface area (Å²) in [6.07, 6.45) is 7.33. The summed E-state index contributed by atoms with van der Waals surface area (Å²) in [6.45, 7) is 0. The first-order chi connectivity index (χ1) is 5.31. The van der Waals surface area contributed by atoms with Gasteiger partial charge in [-0.05, 0) is 12.3 Å². The number of methoxy groups -OCH3 is 1. The molecule has 0 aromatic rings. The normalized spacial score (nSPS) is 32.3. The van der Waals surface area contributed by atoms with Crippen LogP contribution in [0.25, 0.3) is 0 Å². The van der Waals surface area contributed by atoms with Crippen molar-refractivity contribution in [3.8, 4) is 0 Å². The number of carbonyl (C=O) groups excluding carboxylic acids is 1. The molecule has 0 amide bonds. The average Bonchev–Trinajstić information content (AvgIpc) is 2.62. The van der Waals surface area contributed by atoms with Crippen molar-refractivity contribution < 1.29 is 9.53 Å². The molecule has 2 atom stereocenters. The summed E-state index contributed by atoms with van der Waals surface area (Å²) in [7, 11) is 1.43. The minimum Gasteiger partial charge on any atom is -0.466 e. The topological polar surface area (TPSA) is 26.3 Å². The van der Waals surface area contributed by atoms with Gasteiger partial charge in [-0.15, -0.1) is 0 Å². The van der Waals surface area contributed by atoms with Crippen LogP contribution in [0.1, 0.15) is 6.42 Å². The molecule has 0 fully saturated rings. The fourth-order valence-corrected chi connectivity index (χ4v) is 1.77. The van der Waals surface area contributed by atoms with Crippen molar-refractivity contribution in [3.05, 3.63) is 23.8 Å². The van der Waals surface area contributed by atoms with E-state index in [2.05, 4.69) is 16.9 Å². The van der Waals surface area contributed by atoms with Crippen LogP contribution in [0.4, 0.5) is 0 Å². The largest absolute Gasteiger partial charge is 0.466 e. The van der Waals surface area contributed by atoms with Gasteiger partial charge < -0.3 is 4.74 Å². The Morgan fingerprint density at radius 2 is 2.45 bits per heavy atom. The molecule has 0 unspecified atom stereocenters. The van der Waals surface area contributed by atoms with Crippen molar-refractivity contribution in [2.24, 2.45) is 11.8 Å². The number of rotatable bonds is 1. The van der Waals surface area contributed by atoms with Gasteiger partial charge in [0, 0.05) is 11.5 Å². The van der Waals surface area contributed by atoms with Gasteiger partial charge in [-0.3, -0.25) is 0 Å². The lowest BCUT2D eigenvalue weighted by Gasteiger charge is -2.05. The number of hydrogen-bond acceptors (Lipinski definition) is 2. The number of hydrogen-bond donors (Lipinski definition) is 0. The summed E-state index contributed by atoms with van der Waals surface area (Å²) in [5.41, 5.74) is 0.847. The van der Waals surface area contributed by atoms with Gasteiger partial charge in [-0.1, -0.05) is 18.2 Å². The van der Waals surface area contributed by atoms with Crippen molar-refractivity contribution in [1.29, 1.82) is 0 Å². The van der Waals surface area contributed by atoms with Crippen LogP contribution in [-0.2, 0) is 9.53 Å². The monoisotopic (exact) mass is 150 g/mol. The minimum atomic E-state index is -0.165. The van der Waals surface area contributed by atoms with Crippen LogP contribution >= 0.6 is 0 Å². The van der Waals surface area contributed by atoms with Crippen LogP contribution in [0.15, 0.2) is 23.8 Å². The fraction of sp³-hybridized carbons (Fsp3) is 0.444. The lowest BCUT2D eigenvalue weighted by atomic mass is 10.0. The van der Waals surface area contributed by atoms with Crippen molar-refractivity contribution in [2.45, 2.75) is 6.42 Å². The lowest BCUT2D eigenvalue weighted by Crippen LogP contribution is -2.09. The first-order valence-electron chi connectivity index (χ1n) is 3.79. The Morgan fingerprint density at radius 1 is 1.64 bits per heavy atom. The summed E-state index contributed by atoms with van der Waals surface area (Å²) in [6, 6.07) is 0. The van der Waals surface area contributed by atoms with E-state index in [4.69, 9.17) is 0 Å². The molecule has 2 bridgehead atoms. The van der Waals surface area contributed by atoms with Crippen molar-refractivity contribution in [3.63, 3.8) is 0 Å². The van der Waals surface area contributed by atoms with Gasteiger partial charge in [0.15, 0.2) is 0 Å². The van der Waals surface area contributed by atoms with E-state index in [9.17, 15) is 4.79 Å². The standard InChI is InChI=1S/C9H10O2/c1-11-9(10)8-5-6-2-3-7(8)4-6/h2-3,5-7H,4H2,1H3/t6-,7-/m0/s1. The maximum absolute atomic E-state index is 11.1. The summed E-state index contributed by atoms with van der Waals surface area (Å²) in [5.74, 6) is 0.670. The van der Waals surface area contributed by atoms with Crippen molar-refractivity contribution >= 4 is 5.97 Å². The quantitative estimate of drug-likeness (QED) is 0.416. The molecule has 0 aliphatic heterocycles. The van der Waals surface area contributed by atoms with E-state index < -0.39 is 0 Å². The number of allylic oxidation sites excluding steroid dienone is 3. The van der Waals surface area contributed by atoms with Crippen LogP contribution in [0.2, 0.25) is 0 Å². The van der Waals surface area contributed by atoms with Gasteiger partial charge in [0.1, 0.15) is 0 Å². The van der Waals surface area contributed by atoms with E-state index in [0.29, 0.717) is 11.8 Å². The molecule has 11 heavy (non-hydrogen) atoms. The Kier molecular flexibility index (Phi) is 1.34. The summed E-state index contributed by atoms with van der Waals surface area (Å²) >= 11 is 0. The van der Waals surface area contributed by atoms with E-state index in [1.807, 2.05) is 6.08 Å². The van der Waals surface area contributed by atoms with Crippen LogP contribution in [0.3, 0.4) is 0 Å². The van der Waals surface area contributed by atoms with E-state index in [-0.39, 0.29) is 5.97 Å². The Hall–Kier alpha value is -1.05. The van der Waals surface area contributed by atoms with Gasteiger partial charge >= 0.3 is 5.97 Å². The molecule has 2 rings (SSSR count). The second-order valence-electron chi connectivity index (χ2n) is 3.00. The molecule has 0 saturated heterocycles. The molecule has 2 aliphatic rings. The molecule has 58 valence electrons. The van der Waals surface area contributed by atoms with E-state index in [1.54, 1.807) is 0 Å². The third-order valence-corrected chi connectivity index (χ3v) is 2.33. The summed E-state index contributed by atoms with van der Waals surface area (Å²) in [4.78, 5) is 11.1. The second kappa shape index (κ2) is 2.22. The minimum absolute atomic E-state index is 0.165. The maximum Gasteiger partial charge on any atom is 0.334 e. The molecule has 0 aromatic heterocycles. The molecule has 0 aromatic carbocycles. The zero-order valence-corrected chi connectivity index (χ0v) is 6.41. The second-order valence-corrected chi connectivity index (χ2v) is 3.00. The molecular weight excluding hydrogens is 140 g/mol. The first kappa shape index (κ1) is 6.65. The van der Waals surface area contributed by atoms with Crippen LogP contribution < -0.4 is 0 Å². The number of esters is 1. The number of ether oxygens (including phenoxy) is 1. The van der Waals surface area contributed by atoms with Gasteiger partial charge in [-0.25, -0.2) is 4.79 Å². The fourth-order valence-electron chi connectivity index (χ4n) is 1.77. The van der Waals surface area contributed by atoms with Gasteiger partial charge in [-0.2, -0.15) is 0 Å². The molecule has 2 nitrogen and oxygen atoms in total. The predicted molar refractivity (Wildman–Crippen MR) is 40.8 cm³/mol. The van der Waals surface area contributed by atoms with Gasteiger partial charge in [0.25, 0.3) is 0 Å². The van der Waals surface area contributed by atoms with Crippen LogP contribution in [0.5, 0.6) is 0 Å². The molecule has 0 radical (unpaired) electrons. The van der Waals surface area contributed by atoms with Crippen LogP contribution in [0, 0.1) is 11.8 Å². The smallest absolute Gasteiger partial charge is 0.334 e. The average molecular weight is 150 g/mol. The Labute approximate surface area is 65.5 Å². The Balaban J connectivity index is 2.19. The number of carbonyl (C=O) groups is 1. The van der Waals surface area contributed by atoms with Gasteiger partial charge in [0.05, 0.1) is 7.11 Å². The van der Waals surface area contributed by atoms with Crippen molar-refractivity contribution in [1.82, 2.24) is 0 Å². The molecule has 0 spiro atoms. The summed E-state index contributed by atoms with van der Waals surface area (Å²) in [5, 5.41) is 0. The van der Waals surface area contributed by atoms with Crippen molar-refractivity contribution in [2.75, 3.05) is 7.11 Å². The zero-order valence-electron chi connectivity index (χ0n) is 6.41. The maximum atomic E-state index is 11.1. The molecule has 0 saturated carbocycles. The van der Waals surface area contributed by atoms with E-state index in [1.165, 1.54) is 7.11 Å². The molecule has 0 heterocycles. The lowest BCUT2D eigenvalue weighted by molar-refractivity contribution is -0.136. The highest BCUT2D eigenvalue weighted by Crippen LogP contribution is 2.38. The highest BCUT2D eigenvalue weighted by Gasteiger charge is 2.32. The number of fused-ring (bicyclic) bond motifs is 2. The first-order valence-corrected chi connectivity index (χ1v) is 3.79. The SMILES string of the molecule is COC(=O)C1=C[C@H]2C=C[C@H]1C2. The molecule has 2 heteroatoms.